The normalized spacial score (nSPS) is 11.6. The van der Waals surface area contributed by atoms with Gasteiger partial charge in [-0.25, -0.2) is 4.79 Å². The molecule has 1 aromatic carbocycles. The number of aromatic nitrogens is 1. The molecule has 0 aliphatic heterocycles. The van der Waals surface area contributed by atoms with Crippen molar-refractivity contribution >= 4 is 41.1 Å². The van der Waals surface area contributed by atoms with Crippen LogP contribution in [0.15, 0.2) is 34.9 Å². The molecule has 29 heavy (non-hydrogen) atoms. The van der Waals surface area contributed by atoms with Crippen molar-refractivity contribution in [3.8, 4) is 0 Å². The molecule has 0 spiro atoms. The second-order valence-electron chi connectivity index (χ2n) is 6.38. The lowest BCUT2D eigenvalue weighted by Gasteiger charge is -2.11. The number of amides is 2. The highest BCUT2D eigenvalue weighted by molar-refractivity contribution is 8.01. The summed E-state index contributed by atoms with van der Waals surface area (Å²) in [5.41, 5.74) is 0.998. The quantitative estimate of drug-likeness (QED) is 0.447. The topological polar surface area (TPSA) is 111 Å². The van der Waals surface area contributed by atoms with Crippen molar-refractivity contribution in [2.24, 2.45) is 0 Å². The van der Waals surface area contributed by atoms with Crippen molar-refractivity contribution in [3.05, 3.63) is 41.7 Å². The zero-order valence-corrected chi connectivity index (χ0v) is 17.5. The zero-order chi connectivity index (χ0) is 21.2. The van der Waals surface area contributed by atoms with Gasteiger partial charge in [0.15, 0.2) is 5.82 Å². The number of thioether (sulfide) groups is 1. The van der Waals surface area contributed by atoms with Crippen LogP contribution in [0.2, 0.25) is 0 Å². The Balaban J connectivity index is 1.75. The maximum absolute atomic E-state index is 12.1. The van der Waals surface area contributed by atoms with Crippen molar-refractivity contribution in [2.75, 3.05) is 23.0 Å². The van der Waals surface area contributed by atoms with Gasteiger partial charge in [0.2, 0.25) is 11.8 Å². The maximum atomic E-state index is 12.1. The number of hydrogen-bond acceptors (Lipinski definition) is 7. The van der Waals surface area contributed by atoms with Crippen LogP contribution >= 0.6 is 11.8 Å². The molecule has 0 unspecified atom stereocenters. The van der Waals surface area contributed by atoms with Crippen molar-refractivity contribution in [1.82, 2.24) is 5.16 Å². The lowest BCUT2D eigenvalue weighted by Crippen LogP contribution is -2.25. The number of unbranched alkanes of at least 4 members (excludes halogenated alkanes) is 1. The van der Waals surface area contributed by atoms with Gasteiger partial charge in [-0.3, -0.25) is 9.59 Å². The molecule has 1 atom stereocenters. The first-order chi connectivity index (χ1) is 13.9. The van der Waals surface area contributed by atoms with E-state index in [1.165, 1.54) is 11.8 Å². The molecule has 0 saturated carbocycles. The van der Waals surface area contributed by atoms with Crippen LogP contribution < -0.4 is 10.6 Å². The van der Waals surface area contributed by atoms with Crippen LogP contribution in [0.5, 0.6) is 0 Å². The van der Waals surface area contributed by atoms with Crippen molar-refractivity contribution in [2.45, 2.75) is 38.9 Å². The molecule has 0 radical (unpaired) electrons. The minimum Gasteiger partial charge on any atom is -0.462 e. The van der Waals surface area contributed by atoms with Crippen molar-refractivity contribution in [1.29, 1.82) is 0 Å². The van der Waals surface area contributed by atoms with E-state index in [1.54, 1.807) is 44.2 Å². The molecule has 0 aliphatic carbocycles. The second kappa shape index (κ2) is 11.3. The fourth-order valence-electron chi connectivity index (χ4n) is 2.21. The summed E-state index contributed by atoms with van der Waals surface area (Å²) in [6.07, 6.45) is 1.78. The third-order valence-corrected chi connectivity index (χ3v) is 4.99. The lowest BCUT2D eigenvalue weighted by atomic mass is 10.2. The standard InChI is InChI=1S/C20H25N3O5S/c1-4-5-10-27-20(26)15-6-8-16(9-7-15)21-18(24)12-29-14(3)19(25)22-17-11-13(2)28-23-17/h6-9,11,14H,4-5,10,12H2,1-3H3,(H,21,24)(H,22,23,25)/t14-/m0/s1. The number of carbonyl (C=O) groups is 3. The molecule has 8 nitrogen and oxygen atoms in total. The van der Waals surface area contributed by atoms with Crippen molar-refractivity contribution in [3.63, 3.8) is 0 Å². The summed E-state index contributed by atoms with van der Waals surface area (Å²) < 4.78 is 10.0. The number of hydrogen-bond donors (Lipinski definition) is 2. The molecule has 0 aliphatic rings. The van der Waals surface area contributed by atoms with E-state index in [-0.39, 0.29) is 23.5 Å². The molecule has 2 amide bonds. The van der Waals surface area contributed by atoms with Crippen LogP contribution in [-0.2, 0) is 14.3 Å². The van der Waals surface area contributed by atoms with Gasteiger partial charge in [-0.1, -0.05) is 18.5 Å². The first-order valence-corrected chi connectivity index (χ1v) is 10.4. The Morgan fingerprint density at radius 2 is 1.93 bits per heavy atom. The Bertz CT molecular complexity index is 835. The summed E-state index contributed by atoms with van der Waals surface area (Å²) in [6, 6.07) is 8.11. The van der Waals surface area contributed by atoms with E-state index in [2.05, 4.69) is 15.8 Å². The summed E-state index contributed by atoms with van der Waals surface area (Å²) in [7, 11) is 0. The number of anilines is 2. The van der Waals surface area contributed by atoms with Gasteiger partial charge < -0.3 is 19.9 Å². The number of ether oxygens (including phenoxy) is 1. The minimum atomic E-state index is -0.446. The molecule has 0 bridgehead atoms. The van der Waals surface area contributed by atoms with Gasteiger partial charge in [0.05, 0.1) is 23.2 Å². The molecular weight excluding hydrogens is 394 g/mol. The van der Waals surface area contributed by atoms with E-state index in [0.717, 1.165) is 12.8 Å². The molecule has 2 aromatic rings. The smallest absolute Gasteiger partial charge is 0.338 e. The summed E-state index contributed by atoms with van der Waals surface area (Å²) in [4.78, 5) is 36.1. The highest BCUT2D eigenvalue weighted by Gasteiger charge is 2.17. The fraction of sp³-hybridized carbons (Fsp3) is 0.400. The van der Waals surface area contributed by atoms with Crippen molar-refractivity contribution < 1.29 is 23.6 Å². The predicted octanol–water partition coefficient (Wildman–Crippen LogP) is 3.64. The number of carbonyl (C=O) groups excluding carboxylic acids is 3. The number of benzene rings is 1. The van der Waals surface area contributed by atoms with E-state index < -0.39 is 5.25 Å². The number of esters is 1. The van der Waals surface area contributed by atoms with Gasteiger partial charge in [-0.15, -0.1) is 11.8 Å². The number of nitrogens with one attached hydrogen (secondary N) is 2. The third-order valence-electron chi connectivity index (χ3n) is 3.85. The Morgan fingerprint density at radius 1 is 1.21 bits per heavy atom. The molecule has 0 saturated heterocycles. The van der Waals surface area contributed by atoms with Crippen LogP contribution in [0, 0.1) is 6.92 Å². The predicted molar refractivity (Wildman–Crippen MR) is 112 cm³/mol. The molecule has 2 N–H and O–H groups in total. The fourth-order valence-corrected chi connectivity index (χ4v) is 2.89. The van der Waals surface area contributed by atoms with E-state index in [4.69, 9.17) is 9.26 Å². The molecule has 1 heterocycles. The molecular formula is C20H25N3O5S. The summed E-state index contributed by atoms with van der Waals surface area (Å²) >= 11 is 1.20. The average molecular weight is 420 g/mol. The highest BCUT2D eigenvalue weighted by Crippen LogP contribution is 2.16. The van der Waals surface area contributed by atoms with Gasteiger partial charge >= 0.3 is 5.97 Å². The summed E-state index contributed by atoms with van der Waals surface area (Å²) in [5.74, 6) is 0.159. The van der Waals surface area contributed by atoms with E-state index >= 15 is 0 Å². The van der Waals surface area contributed by atoms with Gasteiger partial charge in [0.25, 0.3) is 0 Å². The summed E-state index contributed by atoms with van der Waals surface area (Å²) in [5, 5.41) is 8.62. The van der Waals surface area contributed by atoms with Crippen LogP contribution in [0.1, 0.15) is 42.8 Å². The molecule has 9 heteroatoms. The lowest BCUT2D eigenvalue weighted by molar-refractivity contribution is -0.115. The number of aryl methyl sites for hydroxylation is 1. The Morgan fingerprint density at radius 3 is 2.55 bits per heavy atom. The Labute approximate surface area is 173 Å². The first-order valence-electron chi connectivity index (χ1n) is 9.32. The average Bonchev–Trinajstić information content (AvgIpc) is 3.11. The highest BCUT2D eigenvalue weighted by atomic mass is 32.2. The van der Waals surface area contributed by atoms with Gasteiger partial charge in [-0.05, 0) is 44.5 Å². The minimum absolute atomic E-state index is 0.104. The Hall–Kier alpha value is -2.81. The van der Waals surface area contributed by atoms with Crippen LogP contribution in [0.25, 0.3) is 0 Å². The SMILES string of the molecule is CCCCOC(=O)c1ccc(NC(=O)CS[C@@H](C)C(=O)Nc2cc(C)on2)cc1. The molecule has 156 valence electrons. The van der Waals surface area contributed by atoms with Gasteiger partial charge in [0, 0.05) is 11.8 Å². The van der Waals surface area contributed by atoms with Gasteiger partial charge in [-0.2, -0.15) is 0 Å². The largest absolute Gasteiger partial charge is 0.462 e. The third kappa shape index (κ3) is 7.61. The molecule has 1 aromatic heterocycles. The summed E-state index contributed by atoms with van der Waals surface area (Å²) in [6.45, 7) is 5.85. The van der Waals surface area contributed by atoms with E-state index in [1.807, 2.05) is 6.92 Å². The van der Waals surface area contributed by atoms with Crippen LogP contribution in [0.4, 0.5) is 11.5 Å². The van der Waals surface area contributed by atoms with Gasteiger partial charge in [0.1, 0.15) is 5.76 Å². The van der Waals surface area contributed by atoms with Crippen LogP contribution in [0.3, 0.4) is 0 Å². The Kier molecular flexibility index (Phi) is 8.72. The number of nitrogens with zero attached hydrogens (tertiary/aromatic N) is 1. The molecule has 2 rings (SSSR count). The molecule has 0 fully saturated rings. The number of rotatable bonds is 10. The maximum Gasteiger partial charge on any atom is 0.338 e. The first kappa shape index (κ1) is 22.5. The monoisotopic (exact) mass is 419 g/mol. The van der Waals surface area contributed by atoms with E-state index in [0.29, 0.717) is 29.4 Å². The van der Waals surface area contributed by atoms with Crippen LogP contribution in [-0.4, -0.2) is 40.6 Å². The second-order valence-corrected chi connectivity index (χ2v) is 7.71. The van der Waals surface area contributed by atoms with E-state index in [9.17, 15) is 14.4 Å². The zero-order valence-electron chi connectivity index (χ0n) is 16.7.